The van der Waals surface area contributed by atoms with Crippen LogP contribution in [-0.4, -0.2) is 29.1 Å². The average molecular weight is 339 g/mol. The lowest BCUT2D eigenvalue weighted by molar-refractivity contribution is 0.221. The van der Waals surface area contributed by atoms with Gasteiger partial charge in [0.05, 0.1) is 17.1 Å². The first-order valence-corrected chi connectivity index (χ1v) is 8.38. The van der Waals surface area contributed by atoms with Gasteiger partial charge in [-0.05, 0) is 50.5 Å². The highest BCUT2D eigenvalue weighted by Gasteiger charge is 2.29. The van der Waals surface area contributed by atoms with Crippen LogP contribution in [0.5, 0.6) is 0 Å². The molecule has 0 atom stereocenters. The van der Waals surface area contributed by atoms with Crippen LogP contribution in [0.2, 0.25) is 0 Å². The largest absolute Gasteiger partial charge is 0.442 e. The highest BCUT2D eigenvalue weighted by Crippen LogP contribution is 2.38. The first kappa shape index (κ1) is 15.7. The van der Waals surface area contributed by atoms with Gasteiger partial charge in [-0.2, -0.15) is 5.26 Å². The van der Waals surface area contributed by atoms with Crippen molar-refractivity contribution in [1.82, 2.24) is 9.47 Å². The van der Waals surface area contributed by atoms with Gasteiger partial charge in [0.25, 0.3) is 0 Å². The molecule has 1 aliphatic rings. The highest BCUT2D eigenvalue weighted by molar-refractivity contribution is 5.94. The van der Waals surface area contributed by atoms with E-state index in [1.807, 2.05) is 0 Å². The molecule has 128 valence electrons. The minimum absolute atomic E-state index is 0.139. The highest BCUT2D eigenvalue weighted by atomic mass is 16.5. The van der Waals surface area contributed by atoms with E-state index in [1.54, 1.807) is 18.2 Å². The molecule has 0 radical (unpaired) electrons. The average Bonchev–Trinajstić information content (AvgIpc) is 2.95. The zero-order valence-electron chi connectivity index (χ0n) is 13.8. The van der Waals surface area contributed by atoms with E-state index < -0.39 is 11.3 Å². The molecule has 3 heterocycles. The number of fused-ring (bicyclic) bond motifs is 3. The maximum Gasteiger partial charge on any atom is 0.442 e. The molecule has 0 unspecified atom stereocenters. The third-order valence-electron chi connectivity index (χ3n) is 5.04. The van der Waals surface area contributed by atoms with Gasteiger partial charge in [-0.1, -0.05) is 13.0 Å². The summed E-state index contributed by atoms with van der Waals surface area (Å²) < 4.78 is 11.7. The molecule has 4 rings (SSSR count). The number of hydrogen-bond acceptors (Lipinski definition) is 6. The van der Waals surface area contributed by atoms with Crippen molar-refractivity contribution in [2.75, 3.05) is 19.6 Å². The van der Waals surface area contributed by atoms with E-state index in [4.69, 9.17) is 8.94 Å². The normalized spacial score (nSPS) is 16.5. The van der Waals surface area contributed by atoms with Gasteiger partial charge in [0.2, 0.25) is 5.71 Å². The van der Waals surface area contributed by atoms with Crippen LogP contribution < -0.4 is 11.3 Å². The van der Waals surface area contributed by atoms with Gasteiger partial charge in [-0.3, -0.25) is 0 Å². The molecule has 1 aromatic carbocycles. The van der Waals surface area contributed by atoms with Crippen LogP contribution in [0.25, 0.3) is 16.6 Å². The number of aromatic nitrogens is 1. The van der Waals surface area contributed by atoms with Gasteiger partial charge < -0.3 is 13.8 Å². The van der Waals surface area contributed by atoms with Gasteiger partial charge in [0, 0.05) is 10.9 Å². The Morgan fingerprint density at radius 1 is 1.24 bits per heavy atom. The Hall–Kier alpha value is -2.85. The topological polar surface area (TPSA) is 91.9 Å². The summed E-state index contributed by atoms with van der Waals surface area (Å²) in [7, 11) is 0. The van der Waals surface area contributed by atoms with Crippen LogP contribution in [-0.2, 0) is 0 Å². The molecule has 7 heteroatoms. The smallest absolute Gasteiger partial charge is 0.397 e. The third-order valence-corrected chi connectivity index (χ3v) is 5.04. The lowest BCUT2D eigenvalue weighted by atomic mass is 9.88. The van der Waals surface area contributed by atoms with Gasteiger partial charge in [-0.25, -0.2) is 9.59 Å². The Morgan fingerprint density at radius 3 is 2.68 bits per heavy atom. The van der Waals surface area contributed by atoms with E-state index >= 15 is 0 Å². The maximum atomic E-state index is 11.7. The van der Waals surface area contributed by atoms with E-state index in [9.17, 15) is 14.9 Å². The number of benzene rings is 1. The van der Waals surface area contributed by atoms with E-state index in [2.05, 4.69) is 17.9 Å². The molecule has 1 saturated heterocycles. The third kappa shape index (κ3) is 2.37. The monoisotopic (exact) mass is 339 g/mol. The fourth-order valence-electron chi connectivity index (χ4n) is 3.76. The van der Waals surface area contributed by atoms with Gasteiger partial charge >= 0.3 is 11.3 Å². The summed E-state index contributed by atoms with van der Waals surface area (Å²) in [4.78, 5) is 25.7. The quantitative estimate of drug-likeness (QED) is 0.664. The first-order valence-electron chi connectivity index (χ1n) is 8.38. The Balaban J connectivity index is 2.03. The van der Waals surface area contributed by atoms with Crippen LogP contribution in [0, 0.1) is 11.3 Å². The minimum Gasteiger partial charge on any atom is -0.397 e. The second-order valence-corrected chi connectivity index (χ2v) is 6.30. The zero-order chi connectivity index (χ0) is 17.6. The molecular formula is C18H17N3O4. The molecule has 3 aromatic rings. The molecule has 7 nitrogen and oxygen atoms in total. The predicted molar refractivity (Wildman–Crippen MR) is 90.8 cm³/mol. The van der Waals surface area contributed by atoms with Crippen molar-refractivity contribution >= 4 is 16.6 Å². The lowest BCUT2D eigenvalue weighted by Gasteiger charge is -2.30. The standard InChI is InChI=1S/C18H17N3O4/c1-2-20-8-6-11(7-9-20)15-14-12(10-19)4-3-5-13(14)21-16(15)24-17(22)18(23)25-21/h3-5,11H,2,6-9H2,1H3. The van der Waals surface area contributed by atoms with Gasteiger partial charge in [0.15, 0.2) is 0 Å². The van der Waals surface area contributed by atoms with Crippen molar-refractivity contribution < 1.29 is 8.94 Å². The summed E-state index contributed by atoms with van der Waals surface area (Å²) in [6.07, 6.45) is 1.79. The summed E-state index contributed by atoms with van der Waals surface area (Å²) >= 11 is 0. The van der Waals surface area contributed by atoms with Gasteiger partial charge in [0.1, 0.15) is 0 Å². The number of rotatable bonds is 2. The Labute approximate surface area is 142 Å². The van der Waals surface area contributed by atoms with Crippen LogP contribution in [0.3, 0.4) is 0 Å². The molecule has 0 saturated carbocycles. The second kappa shape index (κ2) is 5.90. The molecule has 0 spiro atoms. The fraction of sp³-hybridized carbons (Fsp3) is 0.389. The Kier molecular flexibility index (Phi) is 3.70. The van der Waals surface area contributed by atoms with Crippen molar-refractivity contribution in [2.24, 2.45) is 0 Å². The van der Waals surface area contributed by atoms with E-state index in [0.717, 1.165) is 38.0 Å². The number of nitriles is 1. The first-order chi connectivity index (χ1) is 12.1. The van der Waals surface area contributed by atoms with Crippen molar-refractivity contribution in [3.05, 3.63) is 50.2 Å². The van der Waals surface area contributed by atoms with E-state index in [0.29, 0.717) is 16.5 Å². The summed E-state index contributed by atoms with van der Waals surface area (Å²) in [5, 5.41) is 10.2. The number of hydrogen-bond donors (Lipinski definition) is 0. The summed E-state index contributed by atoms with van der Waals surface area (Å²) in [5.41, 5.74) is 0.00316. The van der Waals surface area contributed by atoms with Crippen molar-refractivity contribution in [1.29, 1.82) is 5.26 Å². The van der Waals surface area contributed by atoms with Crippen molar-refractivity contribution in [3.8, 4) is 6.07 Å². The second-order valence-electron chi connectivity index (χ2n) is 6.30. The zero-order valence-corrected chi connectivity index (χ0v) is 13.8. The van der Waals surface area contributed by atoms with E-state index in [-0.39, 0.29) is 11.6 Å². The molecule has 0 amide bonds. The van der Waals surface area contributed by atoms with Crippen LogP contribution in [0.15, 0.2) is 36.7 Å². The molecule has 25 heavy (non-hydrogen) atoms. The van der Waals surface area contributed by atoms with Gasteiger partial charge in [-0.15, -0.1) is 4.57 Å². The summed E-state index contributed by atoms with van der Waals surface area (Å²) in [6.45, 7) is 5.01. The van der Waals surface area contributed by atoms with Crippen LogP contribution >= 0.6 is 0 Å². The van der Waals surface area contributed by atoms with Crippen LogP contribution in [0.4, 0.5) is 0 Å². The molecule has 1 fully saturated rings. The van der Waals surface area contributed by atoms with E-state index in [1.165, 1.54) is 4.57 Å². The summed E-state index contributed by atoms with van der Waals surface area (Å²) in [5.74, 6) is 0.139. The fourth-order valence-corrected chi connectivity index (χ4v) is 3.76. The number of nitrogens with zero attached hydrogens (tertiary/aromatic N) is 3. The maximum absolute atomic E-state index is 11.7. The van der Waals surface area contributed by atoms with Crippen LogP contribution in [0.1, 0.15) is 36.8 Å². The molecule has 0 bridgehead atoms. The molecule has 0 aliphatic carbocycles. The predicted octanol–water partition coefficient (Wildman–Crippen LogP) is 2.07. The lowest BCUT2D eigenvalue weighted by Crippen LogP contribution is -2.32. The number of piperidine rings is 1. The molecule has 0 N–H and O–H groups in total. The molecule has 1 aliphatic heterocycles. The molecular weight excluding hydrogens is 322 g/mol. The summed E-state index contributed by atoms with van der Waals surface area (Å²) in [6, 6.07) is 7.41. The number of likely N-dealkylation sites (tertiary alicyclic amines) is 1. The van der Waals surface area contributed by atoms with Crippen molar-refractivity contribution in [3.63, 3.8) is 0 Å². The Morgan fingerprint density at radius 2 is 2.00 bits per heavy atom. The Bertz CT molecular complexity index is 1110. The van der Waals surface area contributed by atoms with Crippen molar-refractivity contribution in [2.45, 2.75) is 25.7 Å². The molecule has 2 aromatic heterocycles. The SMILES string of the molecule is CCN1CCC(c2c3c(C#N)cccc3n3oc(=O)c(=O)oc23)CC1. The minimum atomic E-state index is -1.06.